The number of thiophene rings is 1. The van der Waals surface area contributed by atoms with E-state index in [9.17, 15) is 0 Å². The summed E-state index contributed by atoms with van der Waals surface area (Å²) in [6, 6.07) is 4.21. The summed E-state index contributed by atoms with van der Waals surface area (Å²) in [5.41, 5.74) is 6.83. The van der Waals surface area contributed by atoms with Gasteiger partial charge in [0.1, 0.15) is 6.33 Å². The minimum Gasteiger partial charge on any atom is -0.324 e. The second kappa shape index (κ2) is 3.86. The Morgan fingerprint density at radius 2 is 2.00 bits per heavy atom. The predicted octanol–water partition coefficient (Wildman–Crippen LogP) is 2.22. The molecule has 0 saturated heterocycles. The molecular weight excluding hydrogens is 194 g/mol. The van der Waals surface area contributed by atoms with Gasteiger partial charge in [-0.15, -0.1) is 11.3 Å². The molecule has 0 radical (unpaired) electrons. The van der Waals surface area contributed by atoms with E-state index in [4.69, 9.17) is 5.73 Å². The number of aromatic nitrogens is 2. The van der Waals surface area contributed by atoms with Gasteiger partial charge in [-0.1, -0.05) is 0 Å². The largest absolute Gasteiger partial charge is 0.324 e. The Kier molecular flexibility index (Phi) is 2.56. The Balaban J connectivity index is 2.34. The van der Waals surface area contributed by atoms with Crippen LogP contribution in [-0.2, 0) is 0 Å². The van der Waals surface area contributed by atoms with E-state index >= 15 is 0 Å². The van der Waals surface area contributed by atoms with Crippen molar-refractivity contribution >= 4 is 11.3 Å². The van der Waals surface area contributed by atoms with Crippen molar-refractivity contribution in [1.82, 2.24) is 9.97 Å². The first-order valence-corrected chi connectivity index (χ1v) is 5.19. The fourth-order valence-electron chi connectivity index (χ4n) is 1.18. The van der Waals surface area contributed by atoms with Gasteiger partial charge in [0.25, 0.3) is 0 Å². The van der Waals surface area contributed by atoms with Crippen LogP contribution in [0.3, 0.4) is 0 Å². The lowest BCUT2D eigenvalue weighted by Gasteiger charge is -1.98. The van der Waals surface area contributed by atoms with Crippen LogP contribution in [0.5, 0.6) is 0 Å². The van der Waals surface area contributed by atoms with Crippen LogP contribution < -0.4 is 5.73 Å². The van der Waals surface area contributed by atoms with E-state index in [1.54, 1.807) is 11.3 Å². The van der Waals surface area contributed by atoms with E-state index in [-0.39, 0.29) is 6.04 Å². The molecule has 0 bridgehead atoms. The molecule has 2 rings (SSSR count). The zero-order chi connectivity index (χ0) is 9.97. The van der Waals surface area contributed by atoms with E-state index in [2.05, 4.69) is 22.1 Å². The maximum Gasteiger partial charge on any atom is 0.115 e. The molecule has 2 aromatic heterocycles. The van der Waals surface area contributed by atoms with Gasteiger partial charge in [-0.2, -0.15) is 0 Å². The highest BCUT2D eigenvalue weighted by atomic mass is 32.1. The Morgan fingerprint density at radius 3 is 2.57 bits per heavy atom. The van der Waals surface area contributed by atoms with Crippen LogP contribution in [0.2, 0.25) is 0 Å². The summed E-state index contributed by atoms with van der Waals surface area (Å²) in [7, 11) is 0. The van der Waals surface area contributed by atoms with Crippen molar-refractivity contribution in [2.75, 3.05) is 0 Å². The summed E-state index contributed by atoms with van der Waals surface area (Å²) in [4.78, 5) is 10.3. The highest BCUT2D eigenvalue weighted by molar-refractivity contribution is 7.15. The monoisotopic (exact) mass is 205 g/mol. The van der Waals surface area contributed by atoms with Crippen LogP contribution in [0.15, 0.2) is 30.9 Å². The van der Waals surface area contributed by atoms with Crippen molar-refractivity contribution in [2.24, 2.45) is 5.73 Å². The van der Waals surface area contributed by atoms with Gasteiger partial charge in [0.05, 0.1) is 0 Å². The van der Waals surface area contributed by atoms with Crippen LogP contribution in [0, 0.1) is 0 Å². The topological polar surface area (TPSA) is 51.8 Å². The zero-order valence-electron chi connectivity index (χ0n) is 7.84. The fraction of sp³-hybridized carbons (Fsp3) is 0.200. The lowest BCUT2D eigenvalue weighted by atomic mass is 10.2. The number of rotatable bonds is 2. The summed E-state index contributed by atoms with van der Waals surface area (Å²) in [6.07, 6.45) is 5.15. The number of nitrogens with zero attached hydrogens (tertiary/aromatic N) is 2. The Bertz CT molecular complexity index is 408. The van der Waals surface area contributed by atoms with Crippen molar-refractivity contribution in [2.45, 2.75) is 13.0 Å². The molecular formula is C10H11N3S. The summed E-state index contributed by atoms with van der Waals surface area (Å²) < 4.78 is 0. The maximum absolute atomic E-state index is 5.78. The SMILES string of the molecule is CC(N)c1ccc(-c2cncnc2)s1. The zero-order valence-corrected chi connectivity index (χ0v) is 8.66. The smallest absolute Gasteiger partial charge is 0.115 e. The second-order valence-corrected chi connectivity index (χ2v) is 4.23. The molecule has 0 aliphatic heterocycles. The molecule has 2 aromatic rings. The molecule has 0 aliphatic rings. The number of nitrogens with two attached hydrogens (primary N) is 1. The molecule has 0 fully saturated rings. The Hall–Kier alpha value is -1.26. The van der Waals surface area contributed by atoms with E-state index in [0.717, 1.165) is 10.4 Å². The quantitative estimate of drug-likeness (QED) is 0.818. The van der Waals surface area contributed by atoms with Crippen molar-refractivity contribution in [3.05, 3.63) is 35.7 Å². The molecule has 2 heterocycles. The van der Waals surface area contributed by atoms with Gasteiger partial charge < -0.3 is 5.73 Å². The summed E-state index contributed by atoms with van der Waals surface area (Å²) in [6.45, 7) is 1.98. The van der Waals surface area contributed by atoms with Crippen LogP contribution in [0.4, 0.5) is 0 Å². The normalized spacial score (nSPS) is 12.7. The number of hydrogen-bond donors (Lipinski definition) is 1. The van der Waals surface area contributed by atoms with Gasteiger partial charge in [0, 0.05) is 33.8 Å². The van der Waals surface area contributed by atoms with Gasteiger partial charge in [-0.25, -0.2) is 9.97 Å². The van der Waals surface area contributed by atoms with Gasteiger partial charge >= 0.3 is 0 Å². The minimum atomic E-state index is 0.0957. The van der Waals surface area contributed by atoms with Gasteiger partial charge in [0.2, 0.25) is 0 Å². The Morgan fingerprint density at radius 1 is 1.29 bits per heavy atom. The van der Waals surface area contributed by atoms with Gasteiger partial charge in [-0.3, -0.25) is 0 Å². The molecule has 0 spiro atoms. The third-order valence-corrected chi connectivity index (χ3v) is 3.26. The molecule has 4 heteroatoms. The Labute approximate surface area is 86.6 Å². The first-order chi connectivity index (χ1) is 6.77. The van der Waals surface area contributed by atoms with Crippen molar-refractivity contribution in [3.8, 4) is 10.4 Å². The molecule has 14 heavy (non-hydrogen) atoms. The lowest BCUT2D eigenvalue weighted by molar-refractivity contribution is 0.838. The summed E-state index contributed by atoms with van der Waals surface area (Å²) in [5.74, 6) is 0. The molecule has 2 N–H and O–H groups in total. The summed E-state index contributed by atoms with van der Waals surface area (Å²) in [5, 5.41) is 0. The highest BCUT2D eigenvalue weighted by Crippen LogP contribution is 2.29. The molecule has 1 unspecified atom stereocenters. The fourth-order valence-corrected chi connectivity index (χ4v) is 2.11. The van der Waals surface area contributed by atoms with Crippen molar-refractivity contribution in [1.29, 1.82) is 0 Å². The minimum absolute atomic E-state index is 0.0957. The van der Waals surface area contributed by atoms with Crippen LogP contribution in [0.1, 0.15) is 17.8 Å². The van der Waals surface area contributed by atoms with Crippen LogP contribution in [0.25, 0.3) is 10.4 Å². The third kappa shape index (κ3) is 1.81. The molecule has 0 saturated carbocycles. The molecule has 0 aromatic carbocycles. The highest BCUT2D eigenvalue weighted by Gasteiger charge is 2.05. The third-order valence-electron chi connectivity index (χ3n) is 1.92. The first-order valence-electron chi connectivity index (χ1n) is 4.38. The van der Waals surface area contributed by atoms with E-state index in [1.807, 2.05) is 19.3 Å². The second-order valence-electron chi connectivity index (χ2n) is 3.12. The van der Waals surface area contributed by atoms with E-state index < -0.39 is 0 Å². The molecule has 0 aliphatic carbocycles. The maximum atomic E-state index is 5.78. The summed E-state index contributed by atoms with van der Waals surface area (Å²) >= 11 is 1.69. The van der Waals surface area contributed by atoms with Crippen LogP contribution >= 0.6 is 11.3 Å². The standard InChI is InChI=1S/C10H11N3S/c1-7(11)9-2-3-10(14-9)8-4-12-6-13-5-8/h2-7H,11H2,1H3. The molecule has 72 valence electrons. The van der Waals surface area contributed by atoms with Gasteiger partial charge in [-0.05, 0) is 19.1 Å². The lowest BCUT2D eigenvalue weighted by Crippen LogP contribution is -2.01. The van der Waals surface area contributed by atoms with Gasteiger partial charge in [0.15, 0.2) is 0 Å². The average Bonchev–Trinajstić information content (AvgIpc) is 2.68. The van der Waals surface area contributed by atoms with Crippen molar-refractivity contribution in [3.63, 3.8) is 0 Å². The first kappa shape index (κ1) is 9.30. The number of hydrogen-bond acceptors (Lipinski definition) is 4. The van der Waals surface area contributed by atoms with E-state index in [0.29, 0.717) is 0 Å². The predicted molar refractivity (Wildman–Crippen MR) is 57.9 cm³/mol. The van der Waals surface area contributed by atoms with Crippen LogP contribution in [-0.4, -0.2) is 9.97 Å². The molecule has 1 atom stereocenters. The molecule has 3 nitrogen and oxygen atoms in total. The van der Waals surface area contributed by atoms with Crippen molar-refractivity contribution < 1.29 is 0 Å². The molecule has 0 amide bonds. The average molecular weight is 205 g/mol. The van der Waals surface area contributed by atoms with E-state index in [1.165, 1.54) is 11.2 Å².